The maximum Gasteiger partial charge on any atom is 0.302 e. The van der Waals surface area contributed by atoms with E-state index in [1.165, 1.54) is 23.4 Å². The Bertz CT molecular complexity index is 660. The molecule has 1 atom stereocenters. The third-order valence-corrected chi connectivity index (χ3v) is 5.84. The molecule has 8 heteroatoms. The molecule has 0 heterocycles. The second kappa shape index (κ2) is 10.5. The van der Waals surface area contributed by atoms with Gasteiger partial charge in [0, 0.05) is 19.2 Å². The number of benzene rings is 1. The molecule has 0 unspecified atom stereocenters. The van der Waals surface area contributed by atoms with Crippen molar-refractivity contribution in [1.82, 2.24) is 4.31 Å². The fraction of sp³-hybridized carbons (Fsp3) is 0.611. The minimum absolute atomic E-state index is 0.0286. The molecule has 1 aromatic carbocycles. The monoisotopic (exact) mass is 385 g/mol. The van der Waals surface area contributed by atoms with Crippen molar-refractivity contribution in [1.29, 1.82) is 0 Å². The number of hydrogen-bond acceptors (Lipinski definition) is 6. The van der Waals surface area contributed by atoms with Gasteiger partial charge in [0.25, 0.3) is 0 Å². The Labute approximate surface area is 156 Å². The summed E-state index contributed by atoms with van der Waals surface area (Å²) >= 11 is 0. The topological polar surface area (TPSA) is 116 Å². The summed E-state index contributed by atoms with van der Waals surface area (Å²) in [6.45, 7) is 6.12. The Hall–Kier alpha value is -1.64. The van der Waals surface area contributed by atoms with Gasteiger partial charge in [0.1, 0.15) is 6.61 Å². The SMILES string of the molecule is CC(=O)OC[C@H](CCCCN)N(CC(C)C)S(=O)(=O)c1ccc(N)cc1. The molecule has 0 aliphatic heterocycles. The zero-order valence-corrected chi connectivity index (χ0v) is 16.7. The lowest BCUT2D eigenvalue weighted by Crippen LogP contribution is -2.45. The first-order valence-electron chi connectivity index (χ1n) is 8.89. The van der Waals surface area contributed by atoms with Crippen LogP contribution in [-0.2, 0) is 19.6 Å². The molecule has 0 fully saturated rings. The first-order chi connectivity index (χ1) is 12.2. The van der Waals surface area contributed by atoms with Crippen molar-refractivity contribution in [3.63, 3.8) is 0 Å². The van der Waals surface area contributed by atoms with Crippen LogP contribution in [-0.4, -0.2) is 44.4 Å². The summed E-state index contributed by atoms with van der Waals surface area (Å²) in [7, 11) is -3.74. The summed E-state index contributed by atoms with van der Waals surface area (Å²) < 4.78 is 33.0. The summed E-state index contributed by atoms with van der Waals surface area (Å²) in [6.07, 6.45) is 2.12. The van der Waals surface area contributed by atoms with Crippen LogP contribution in [0.15, 0.2) is 29.2 Å². The van der Waals surface area contributed by atoms with Gasteiger partial charge in [0.15, 0.2) is 0 Å². The van der Waals surface area contributed by atoms with E-state index in [9.17, 15) is 13.2 Å². The van der Waals surface area contributed by atoms with Gasteiger partial charge in [-0.2, -0.15) is 4.31 Å². The molecular weight excluding hydrogens is 354 g/mol. The van der Waals surface area contributed by atoms with Gasteiger partial charge in [0.2, 0.25) is 10.0 Å². The van der Waals surface area contributed by atoms with Crippen LogP contribution in [0.25, 0.3) is 0 Å². The molecule has 0 aromatic heterocycles. The molecular formula is C18H31N3O4S. The third-order valence-electron chi connectivity index (χ3n) is 3.91. The van der Waals surface area contributed by atoms with Crippen LogP contribution >= 0.6 is 0 Å². The van der Waals surface area contributed by atoms with Gasteiger partial charge in [0.05, 0.1) is 10.9 Å². The molecule has 0 aliphatic rings. The highest BCUT2D eigenvalue weighted by Crippen LogP contribution is 2.23. The van der Waals surface area contributed by atoms with Gasteiger partial charge < -0.3 is 16.2 Å². The second-order valence-corrected chi connectivity index (χ2v) is 8.67. The molecule has 7 nitrogen and oxygen atoms in total. The fourth-order valence-electron chi connectivity index (χ4n) is 2.63. The highest BCUT2D eigenvalue weighted by atomic mass is 32.2. The van der Waals surface area contributed by atoms with Crippen molar-refractivity contribution >= 4 is 21.7 Å². The number of anilines is 1. The molecule has 0 radical (unpaired) electrons. The van der Waals surface area contributed by atoms with Crippen LogP contribution in [0.5, 0.6) is 0 Å². The normalized spacial score (nSPS) is 13.2. The van der Waals surface area contributed by atoms with Crippen molar-refractivity contribution < 1.29 is 17.9 Å². The largest absolute Gasteiger partial charge is 0.464 e. The lowest BCUT2D eigenvalue weighted by Gasteiger charge is -2.32. The fourth-order valence-corrected chi connectivity index (χ4v) is 4.43. The number of unbranched alkanes of at least 4 members (excludes halogenated alkanes) is 1. The highest BCUT2D eigenvalue weighted by molar-refractivity contribution is 7.89. The molecule has 0 saturated heterocycles. The molecule has 1 aromatic rings. The van der Waals surface area contributed by atoms with E-state index in [4.69, 9.17) is 16.2 Å². The summed E-state index contributed by atoms with van der Waals surface area (Å²) in [5.74, 6) is -0.309. The molecule has 0 saturated carbocycles. The van der Waals surface area contributed by atoms with Crippen LogP contribution in [0.4, 0.5) is 5.69 Å². The lowest BCUT2D eigenvalue weighted by atomic mass is 10.1. The molecule has 1 rings (SSSR count). The molecule has 26 heavy (non-hydrogen) atoms. The van der Waals surface area contributed by atoms with Gasteiger partial charge in [-0.1, -0.05) is 20.3 Å². The number of nitrogen functional groups attached to an aromatic ring is 1. The number of esters is 1. The zero-order chi connectivity index (χ0) is 19.7. The van der Waals surface area contributed by atoms with E-state index in [2.05, 4.69) is 0 Å². The molecule has 0 aliphatic carbocycles. The van der Waals surface area contributed by atoms with Gasteiger partial charge in [-0.25, -0.2) is 8.42 Å². The summed E-state index contributed by atoms with van der Waals surface area (Å²) in [4.78, 5) is 11.4. The number of sulfonamides is 1. The number of nitrogens with two attached hydrogens (primary N) is 2. The van der Waals surface area contributed by atoms with E-state index in [0.717, 1.165) is 12.8 Å². The van der Waals surface area contributed by atoms with E-state index < -0.39 is 22.0 Å². The van der Waals surface area contributed by atoms with Crippen LogP contribution < -0.4 is 11.5 Å². The van der Waals surface area contributed by atoms with Gasteiger partial charge in [-0.15, -0.1) is 0 Å². The molecule has 0 spiro atoms. The van der Waals surface area contributed by atoms with E-state index >= 15 is 0 Å². The number of carbonyl (C=O) groups excluding carboxylic acids is 1. The van der Waals surface area contributed by atoms with Crippen LogP contribution in [0.2, 0.25) is 0 Å². The Kier molecular flexibility index (Phi) is 9.04. The summed E-state index contributed by atoms with van der Waals surface area (Å²) in [5, 5.41) is 0. The molecule has 4 N–H and O–H groups in total. The minimum atomic E-state index is -3.74. The third kappa shape index (κ3) is 6.93. The maximum absolute atomic E-state index is 13.2. The molecule has 148 valence electrons. The van der Waals surface area contributed by atoms with Crippen molar-refractivity contribution in [3.8, 4) is 0 Å². The predicted molar refractivity (Wildman–Crippen MR) is 103 cm³/mol. The van der Waals surface area contributed by atoms with Gasteiger partial charge >= 0.3 is 5.97 Å². The minimum Gasteiger partial charge on any atom is -0.464 e. The molecule has 0 amide bonds. The van der Waals surface area contributed by atoms with E-state index in [1.54, 1.807) is 12.1 Å². The second-order valence-electron chi connectivity index (χ2n) is 6.78. The van der Waals surface area contributed by atoms with E-state index in [-0.39, 0.29) is 17.4 Å². The van der Waals surface area contributed by atoms with Crippen LogP contribution in [0, 0.1) is 5.92 Å². The van der Waals surface area contributed by atoms with Crippen molar-refractivity contribution in [2.75, 3.05) is 25.4 Å². The van der Waals surface area contributed by atoms with Crippen LogP contribution in [0.1, 0.15) is 40.0 Å². The first-order valence-corrected chi connectivity index (χ1v) is 10.3. The Morgan fingerprint density at radius 1 is 1.19 bits per heavy atom. The lowest BCUT2D eigenvalue weighted by molar-refractivity contribution is -0.142. The quantitative estimate of drug-likeness (QED) is 0.342. The zero-order valence-electron chi connectivity index (χ0n) is 15.8. The number of rotatable bonds is 11. The number of nitrogens with zero attached hydrogens (tertiary/aromatic N) is 1. The average Bonchev–Trinajstić information content (AvgIpc) is 2.56. The van der Waals surface area contributed by atoms with E-state index in [1.807, 2.05) is 13.8 Å². The average molecular weight is 386 g/mol. The number of carbonyl (C=O) groups is 1. The van der Waals surface area contributed by atoms with Crippen LogP contribution in [0.3, 0.4) is 0 Å². The smallest absolute Gasteiger partial charge is 0.302 e. The maximum atomic E-state index is 13.2. The van der Waals surface area contributed by atoms with Crippen molar-refractivity contribution in [3.05, 3.63) is 24.3 Å². The Morgan fingerprint density at radius 2 is 1.81 bits per heavy atom. The highest BCUT2D eigenvalue weighted by Gasteiger charge is 2.32. The number of hydrogen-bond donors (Lipinski definition) is 2. The van der Waals surface area contributed by atoms with Crippen molar-refractivity contribution in [2.24, 2.45) is 11.7 Å². The summed E-state index contributed by atoms with van der Waals surface area (Å²) in [5.41, 5.74) is 11.7. The Morgan fingerprint density at radius 3 is 2.31 bits per heavy atom. The molecule has 0 bridgehead atoms. The van der Waals surface area contributed by atoms with E-state index in [0.29, 0.717) is 25.2 Å². The van der Waals surface area contributed by atoms with Gasteiger partial charge in [-0.05, 0) is 49.6 Å². The predicted octanol–water partition coefficient (Wildman–Crippen LogP) is 1.98. The first kappa shape index (κ1) is 22.4. The summed E-state index contributed by atoms with van der Waals surface area (Å²) in [6, 6.07) is 5.70. The van der Waals surface area contributed by atoms with Crippen molar-refractivity contribution in [2.45, 2.75) is 51.0 Å². The standard InChI is InChI=1S/C18H31N3O4S/c1-14(2)12-21(17(6-4-5-11-19)13-25-15(3)22)26(23,24)18-9-7-16(20)8-10-18/h7-10,14,17H,4-6,11-13,19-20H2,1-3H3/t17-/m0/s1. The Balaban J connectivity index is 3.18. The van der Waals surface area contributed by atoms with Gasteiger partial charge in [-0.3, -0.25) is 4.79 Å². The number of ether oxygens (including phenoxy) is 1.